The molecule has 2 N–H and O–H groups in total. The number of rotatable bonds is 10. The van der Waals surface area contributed by atoms with Crippen LogP contribution in [0.1, 0.15) is 80.6 Å². The van der Waals surface area contributed by atoms with Crippen LogP contribution in [0.25, 0.3) is 11.2 Å². The summed E-state index contributed by atoms with van der Waals surface area (Å²) in [5.74, 6) is 0.254. The standard InChI is InChI=1S/C27H35F3N6O2/c1-15(2)13-35(5)17(4)25-34-23-21(36(25)14-18-9-11-20(12-10-18)27(28,29)30)22(32-24(33-23)26(37)38)31-16(3)19-7-6-8-19/h9-12,15-17,19H,6-8,13-14H2,1-5H3,(H,37,38)(H,31,32,33)/t16-,17?/m1/s1. The predicted molar refractivity (Wildman–Crippen MR) is 139 cm³/mol. The lowest BCUT2D eigenvalue weighted by Gasteiger charge is -2.32. The van der Waals surface area contributed by atoms with Crippen LogP contribution in [0, 0.1) is 11.8 Å². The van der Waals surface area contributed by atoms with Crippen molar-refractivity contribution in [2.75, 3.05) is 18.9 Å². The number of nitrogens with one attached hydrogen (secondary N) is 1. The molecule has 0 aliphatic heterocycles. The first kappa shape index (κ1) is 27.8. The molecule has 0 bridgehead atoms. The van der Waals surface area contributed by atoms with Crippen LogP contribution in [0.5, 0.6) is 0 Å². The summed E-state index contributed by atoms with van der Waals surface area (Å²) in [6, 6.07) is 4.93. The molecule has 0 saturated heterocycles. The normalized spacial score (nSPS) is 16.2. The van der Waals surface area contributed by atoms with E-state index in [0.29, 0.717) is 34.6 Å². The van der Waals surface area contributed by atoms with Crippen LogP contribution in [-0.4, -0.2) is 55.1 Å². The fourth-order valence-corrected chi connectivity index (χ4v) is 4.91. The molecule has 0 spiro atoms. The molecule has 0 amide bonds. The highest BCUT2D eigenvalue weighted by Crippen LogP contribution is 2.34. The van der Waals surface area contributed by atoms with E-state index in [2.05, 4.69) is 41.0 Å². The third-order valence-corrected chi connectivity index (χ3v) is 7.36. The Morgan fingerprint density at radius 1 is 1.13 bits per heavy atom. The second-order valence-electron chi connectivity index (χ2n) is 10.8. The van der Waals surface area contributed by atoms with Gasteiger partial charge in [-0.1, -0.05) is 32.4 Å². The number of carbonyl (C=O) groups is 1. The first-order chi connectivity index (χ1) is 17.8. The lowest BCUT2D eigenvalue weighted by atomic mass is 9.80. The highest BCUT2D eigenvalue weighted by molar-refractivity contribution is 5.90. The van der Waals surface area contributed by atoms with E-state index in [1.165, 1.54) is 12.1 Å². The van der Waals surface area contributed by atoms with Crippen LogP contribution in [0.2, 0.25) is 0 Å². The Morgan fingerprint density at radius 3 is 2.32 bits per heavy atom. The molecule has 1 unspecified atom stereocenters. The van der Waals surface area contributed by atoms with Gasteiger partial charge in [-0.05, 0) is 63.3 Å². The molecule has 206 valence electrons. The van der Waals surface area contributed by atoms with E-state index in [1.807, 2.05) is 18.5 Å². The van der Waals surface area contributed by atoms with Crippen LogP contribution in [0.4, 0.5) is 19.0 Å². The summed E-state index contributed by atoms with van der Waals surface area (Å²) < 4.78 is 41.4. The topological polar surface area (TPSA) is 96.2 Å². The van der Waals surface area contributed by atoms with Gasteiger partial charge in [-0.25, -0.2) is 19.7 Å². The fourth-order valence-electron chi connectivity index (χ4n) is 4.91. The minimum Gasteiger partial charge on any atom is -0.475 e. The first-order valence-electron chi connectivity index (χ1n) is 13.0. The monoisotopic (exact) mass is 532 g/mol. The van der Waals surface area contributed by atoms with Gasteiger partial charge in [0.2, 0.25) is 5.82 Å². The SMILES string of the molecule is CC(C)CN(C)C(C)c1nc2nc(C(=O)O)nc(N[C@H](C)C3CCC3)c2n1Cc1ccc(C(F)(F)F)cc1. The second kappa shape index (κ2) is 10.9. The van der Waals surface area contributed by atoms with Gasteiger partial charge in [0.05, 0.1) is 11.6 Å². The number of imidazole rings is 1. The molecule has 1 aromatic carbocycles. The largest absolute Gasteiger partial charge is 0.475 e. The van der Waals surface area contributed by atoms with Gasteiger partial charge in [0.1, 0.15) is 11.3 Å². The van der Waals surface area contributed by atoms with Crippen molar-refractivity contribution in [2.45, 2.75) is 71.8 Å². The number of alkyl halides is 3. The molecule has 11 heteroatoms. The minimum atomic E-state index is -4.42. The molecule has 1 saturated carbocycles. The Bertz CT molecular complexity index is 1280. The van der Waals surface area contributed by atoms with Crippen LogP contribution in [0.3, 0.4) is 0 Å². The van der Waals surface area contributed by atoms with Crippen molar-refractivity contribution in [1.82, 2.24) is 24.4 Å². The second-order valence-corrected chi connectivity index (χ2v) is 10.8. The van der Waals surface area contributed by atoms with Gasteiger partial charge in [-0.3, -0.25) is 4.90 Å². The van der Waals surface area contributed by atoms with Gasteiger partial charge in [-0.2, -0.15) is 13.2 Å². The van der Waals surface area contributed by atoms with E-state index in [1.54, 1.807) is 0 Å². The zero-order valence-electron chi connectivity index (χ0n) is 22.4. The number of aromatic carboxylic acids is 1. The average molecular weight is 533 g/mol. The molecule has 2 atom stereocenters. The van der Waals surface area contributed by atoms with E-state index < -0.39 is 17.7 Å². The van der Waals surface area contributed by atoms with Gasteiger partial charge >= 0.3 is 12.1 Å². The van der Waals surface area contributed by atoms with Crippen LogP contribution >= 0.6 is 0 Å². The van der Waals surface area contributed by atoms with Gasteiger partial charge in [-0.15, -0.1) is 0 Å². The first-order valence-corrected chi connectivity index (χ1v) is 13.0. The number of carboxylic acid groups (broad SMARTS) is 1. The molecular weight excluding hydrogens is 497 g/mol. The average Bonchev–Trinajstić information content (AvgIpc) is 3.15. The lowest BCUT2D eigenvalue weighted by Crippen LogP contribution is -2.31. The Hall–Kier alpha value is -3.21. The smallest absolute Gasteiger partial charge is 0.416 e. The Balaban J connectivity index is 1.85. The predicted octanol–water partition coefficient (Wildman–Crippen LogP) is 5.84. The Labute approximate surface area is 220 Å². The molecule has 1 aliphatic rings. The van der Waals surface area contributed by atoms with Crippen LogP contribution in [-0.2, 0) is 12.7 Å². The summed E-state index contributed by atoms with van der Waals surface area (Å²) in [5, 5.41) is 13.1. The quantitative estimate of drug-likeness (QED) is 0.339. The van der Waals surface area contributed by atoms with Crippen molar-refractivity contribution < 1.29 is 23.1 Å². The molecule has 0 radical (unpaired) electrons. The van der Waals surface area contributed by atoms with Gasteiger partial charge in [0.25, 0.3) is 0 Å². The van der Waals surface area contributed by atoms with Crippen LogP contribution < -0.4 is 5.32 Å². The zero-order chi connectivity index (χ0) is 27.8. The van der Waals surface area contributed by atoms with E-state index >= 15 is 0 Å². The molecule has 1 fully saturated rings. The molecular formula is C27H35F3N6O2. The number of hydrogen-bond acceptors (Lipinski definition) is 6. The van der Waals surface area contributed by atoms with E-state index in [4.69, 9.17) is 4.98 Å². The zero-order valence-corrected chi connectivity index (χ0v) is 22.4. The minimum absolute atomic E-state index is 0.0578. The summed E-state index contributed by atoms with van der Waals surface area (Å²) in [7, 11) is 1.98. The van der Waals surface area contributed by atoms with Gasteiger partial charge in [0.15, 0.2) is 11.5 Å². The molecule has 3 aromatic rings. The van der Waals surface area contributed by atoms with E-state index in [0.717, 1.165) is 37.9 Å². The Morgan fingerprint density at radius 2 is 1.79 bits per heavy atom. The number of fused-ring (bicyclic) bond motifs is 1. The number of hydrogen-bond donors (Lipinski definition) is 2. The maximum Gasteiger partial charge on any atom is 0.416 e. The molecule has 4 rings (SSSR count). The van der Waals surface area contributed by atoms with Crippen molar-refractivity contribution in [3.8, 4) is 0 Å². The van der Waals surface area contributed by atoms with Crippen molar-refractivity contribution in [2.24, 2.45) is 11.8 Å². The number of aromatic nitrogens is 4. The van der Waals surface area contributed by atoms with E-state index in [-0.39, 0.29) is 30.1 Å². The van der Waals surface area contributed by atoms with Crippen molar-refractivity contribution >= 4 is 23.0 Å². The maximum absolute atomic E-state index is 13.2. The fraction of sp³-hybridized carbons (Fsp3) is 0.556. The lowest BCUT2D eigenvalue weighted by molar-refractivity contribution is -0.137. The molecule has 2 aromatic heterocycles. The molecule has 1 aliphatic carbocycles. The summed E-state index contributed by atoms with van der Waals surface area (Å²) in [5.41, 5.74) is 0.721. The highest BCUT2D eigenvalue weighted by Gasteiger charge is 2.31. The maximum atomic E-state index is 13.2. The number of nitrogens with zero attached hydrogens (tertiary/aromatic N) is 5. The van der Waals surface area contributed by atoms with Crippen LogP contribution in [0.15, 0.2) is 24.3 Å². The van der Waals surface area contributed by atoms with Gasteiger partial charge in [0, 0.05) is 19.1 Å². The Kier molecular flexibility index (Phi) is 7.96. The van der Waals surface area contributed by atoms with Crippen molar-refractivity contribution in [1.29, 1.82) is 0 Å². The number of benzene rings is 1. The number of anilines is 1. The van der Waals surface area contributed by atoms with Gasteiger partial charge < -0.3 is 15.0 Å². The molecule has 2 heterocycles. The third kappa shape index (κ3) is 5.92. The number of carboxylic acids is 1. The number of halogens is 3. The molecule has 38 heavy (non-hydrogen) atoms. The summed E-state index contributed by atoms with van der Waals surface area (Å²) in [6.45, 7) is 9.30. The van der Waals surface area contributed by atoms with Crippen molar-refractivity contribution in [3.63, 3.8) is 0 Å². The summed E-state index contributed by atoms with van der Waals surface area (Å²) in [4.78, 5) is 27.4. The summed E-state index contributed by atoms with van der Waals surface area (Å²) in [6.07, 6.45) is -1.09. The highest BCUT2D eigenvalue weighted by atomic mass is 19.4. The molecule has 8 nitrogen and oxygen atoms in total. The summed E-state index contributed by atoms with van der Waals surface area (Å²) >= 11 is 0. The van der Waals surface area contributed by atoms with Crippen molar-refractivity contribution in [3.05, 3.63) is 47.0 Å². The third-order valence-electron chi connectivity index (χ3n) is 7.36. The van der Waals surface area contributed by atoms with E-state index in [9.17, 15) is 23.1 Å².